The Morgan fingerprint density at radius 3 is 2.82 bits per heavy atom. The van der Waals surface area contributed by atoms with Crippen LogP contribution in [0.5, 0.6) is 5.75 Å². The van der Waals surface area contributed by atoms with E-state index in [-0.39, 0.29) is 10.8 Å². The minimum absolute atomic E-state index is 0.0427. The highest BCUT2D eigenvalue weighted by molar-refractivity contribution is 6.35. The van der Waals surface area contributed by atoms with Gasteiger partial charge in [-0.1, -0.05) is 23.2 Å². The zero-order valence-corrected chi connectivity index (χ0v) is 10.3. The van der Waals surface area contributed by atoms with Crippen molar-refractivity contribution >= 4 is 23.2 Å². The minimum atomic E-state index is 0.0427. The van der Waals surface area contributed by atoms with Gasteiger partial charge in [-0.2, -0.15) is 5.10 Å². The van der Waals surface area contributed by atoms with Crippen LogP contribution in [0.3, 0.4) is 0 Å². The average Bonchev–Trinajstić information content (AvgIpc) is 2.78. The molecule has 0 saturated heterocycles. The summed E-state index contributed by atoms with van der Waals surface area (Å²) >= 11 is 11.7. The van der Waals surface area contributed by atoms with Crippen LogP contribution < -0.4 is 5.32 Å². The molecule has 90 valence electrons. The van der Waals surface area contributed by atoms with Gasteiger partial charge in [0.1, 0.15) is 17.9 Å². The Morgan fingerprint density at radius 2 is 2.12 bits per heavy atom. The lowest BCUT2D eigenvalue weighted by Crippen LogP contribution is -2.13. The zero-order valence-electron chi connectivity index (χ0n) is 8.74. The molecule has 0 unspecified atom stereocenters. The maximum Gasteiger partial charge on any atom is 0.138 e. The molecule has 0 radical (unpaired) electrons. The van der Waals surface area contributed by atoms with E-state index in [1.807, 2.05) is 0 Å². The average molecular weight is 273 g/mol. The highest BCUT2D eigenvalue weighted by Gasteiger charge is 2.07. The first kappa shape index (κ1) is 12.2. The molecule has 17 heavy (non-hydrogen) atoms. The van der Waals surface area contributed by atoms with Crippen molar-refractivity contribution in [2.45, 2.75) is 13.1 Å². The Hall–Kier alpha value is -1.30. The van der Waals surface area contributed by atoms with Crippen LogP contribution in [-0.4, -0.2) is 20.3 Å². The molecular formula is C10H10Cl2N4O. The van der Waals surface area contributed by atoms with Gasteiger partial charge in [-0.25, -0.2) is 4.98 Å². The molecule has 1 aromatic heterocycles. The number of aromatic nitrogens is 3. The Kier molecular flexibility index (Phi) is 3.83. The van der Waals surface area contributed by atoms with Gasteiger partial charge >= 0.3 is 0 Å². The van der Waals surface area contributed by atoms with Crippen LogP contribution in [0.4, 0.5) is 0 Å². The number of hydrogen-bond acceptors (Lipinski definition) is 4. The summed E-state index contributed by atoms with van der Waals surface area (Å²) < 4.78 is 0. The van der Waals surface area contributed by atoms with E-state index < -0.39 is 0 Å². The topological polar surface area (TPSA) is 73.8 Å². The van der Waals surface area contributed by atoms with Crippen LogP contribution >= 0.6 is 23.2 Å². The molecule has 0 spiro atoms. The lowest BCUT2D eigenvalue weighted by Gasteiger charge is -2.07. The second kappa shape index (κ2) is 5.35. The highest BCUT2D eigenvalue weighted by atomic mass is 35.5. The van der Waals surface area contributed by atoms with Crippen molar-refractivity contribution < 1.29 is 5.11 Å². The van der Waals surface area contributed by atoms with Gasteiger partial charge in [-0.3, -0.25) is 5.10 Å². The molecule has 0 bridgehead atoms. The number of aromatic amines is 1. The molecular weight excluding hydrogens is 263 g/mol. The Balaban J connectivity index is 1.99. The Morgan fingerprint density at radius 1 is 1.29 bits per heavy atom. The van der Waals surface area contributed by atoms with Crippen LogP contribution in [0.2, 0.25) is 10.0 Å². The molecule has 7 heteroatoms. The van der Waals surface area contributed by atoms with Gasteiger partial charge in [0.25, 0.3) is 0 Å². The monoisotopic (exact) mass is 272 g/mol. The van der Waals surface area contributed by atoms with Crippen molar-refractivity contribution in [3.63, 3.8) is 0 Å². The van der Waals surface area contributed by atoms with Gasteiger partial charge in [-0.15, -0.1) is 0 Å². The normalized spacial score (nSPS) is 10.7. The van der Waals surface area contributed by atoms with Crippen molar-refractivity contribution in [3.8, 4) is 5.75 Å². The third kappa shape index (κ3) is 3.09. The highest BCUT2D eigenvalue weighted by Crippen LogP contribution is 2.30. The van der Waals surface area contributed by atoms with E-state index in [0.717, 1.165) is 5.82 Å². The van der Waals surface area contributed by atoms with Crippen LogP contribution in [0.25, 0.3) is 0 Å². The fourth-order valence-corrected chi connectivity index (χ4v) is 1.92. The maximum absolute atomic E-state index is 9.71. The summed E-state index contributed by atoms with van der Waals surface area (Å²) in [4.78, 5) is 3.96. The number of phenols is 1. The zero-order chi connectivity index (χ0) is 12.3. The second-order valence-corrected chi connectivity index (χ2v) is 4.27. The quantitative estimate of drug-likeness (QED) is 0.797. The second-order valence-electron chi connectivity index (χ2n) is 3.43. The summed E-state index contributed by atoms with van der Waals surface area (Å²) in [5.74, 6) is 0.763. The minimum Gasteiger partial charge on any atom is -0.506 e. The third-order valence-electron chi connectivity index (χ3n) is 2.18. The Labute approximate surface area is 108 Å². The summed E-state index contributed by atoms with van der Waals surface area (Å²) in [7, 11) is 0. The standard InChI is InChI=1S/C10H10Cl2N4O/c11-7-1-6(10(17)8(12)2-7)3-13-4-9-14-5-15-16-9/h1-2,5,13,17H,3-4H2,(H,14,15,16). The van der Waals surface area contributed by atoms with Crippen molar-refractivity contribution in [1.82, 2.24) is 20.5 Å². The van der Waals surface area contributed by atoms with Crippen LogP contribution in [0.1, 0.15) is 11.4 Å². The van der Waals surface area contributed by atoms with Crippen molar-refractivity contribution in [3.05, 3.63) is 39.9 Å². The van der Waals surface area contributed by atoms with Gasteiger partial charge < -0.3 is 10.4 Å². The van der Waals surface area contributed by atoms with Crippen molar-refractivity contribution in [2.24, 2.45) is 0 Å². The van der Waals surface area contributed by atoms with Gasteiger partial charge in [0.2, 0.25) is 0 Å². The van der Waals surface area contributed by atoms with Crippen molar-refractivity contribution in [1.29, 1.82) is 0 Å². The predicted molar refractivity (Wildman–Crippen MR) is 65.1 cm³/mol. The summed E-state index contributed by atoms with van der Waals surface area (Å²) in [5.41, 5.74) is 0.641. The number of H-pyrrole nitrogens is 1. The lowest BCUT2D eigenvalue weighted by atomic mass is 10.2. The third-order valence-corrected chi connectivity index (χ3v) is 2.69. The summed E-state index contributed by atoms with van der Waals surface area (Å²) in [5, 5.41) is 20.0. The largest absolute Gasteiger partial charge is 0.506 e. The molecule has 0 aliphatic heterocycles. The van der Waals surface area contributed by atoms with E-state index in [1.54, 1.807) is 6.07 Å². The van der Waals surface area contributed by atoms with E-state index in [0.29, 0.717) is 23.7 Å². The molecule has 5 nitrogen and oxygen atoms in total. The number of rotatable bonds is 4. The van der Waals surface area contributed by atoms with Crippen LogP contribution in [0, 0.1) is 0 Å². The maximum atomic E-state index is 9.71. The molecule has 0 fully saturated rings. The van der Waals surface area contributed by atoms with Gasteiger partial charge in [0, 0.05) is 17.1 Å². The number of nitrogens with zero attached hydrogens (tertiary/aromatic N) is 2. The van der Waals surface area contributed by atoms with Crippen LogP contribution in [0.15, 0.2) is 18.5 Å². The van der Waals surface area contributed by atoms with Gasteiger partial charge in [-0.05, 0) is 12.1 Å². The summed E-state index contributed by atoms with van der Waals surface area (Å²) in [6.07, 6.45) is 1.44. The van der Waals surface area contributed by atoms with Gasteiger partial charge in [0.15, 0.2) is 0 Å². The van der Waals surface area contributed by atoms with E-state index in [2.05, 4.69) is 20.5 Å². The molecule has 1 aromatic carbocycles. The molecule has 3 N–H and O–H groups in total. The molecule has 0 aliphatic rings. The lowest BCUT2D eigenvalue weighted by molar-refractivity contribution is 0.464. The SMILES string of the molecule is Oc1c(Cl)cc(Cl)cc1CNCc1ncn[nH]1. The van der Waals surface area contributed by atoms with E-state index in [4.69, 9.17) is 23.2 Å². The fourth-order valence-electron chi connectivity index (χ4n) is 1.39. The molecule has 1 heterocycles. The first-order valence-electron chi connectivity index (χ1n) is 4.88. The van der Waals surface area contributed by atoms with E-state index in [1.165, 1.54) is 12.4 Å². The van der Waals surface area contributed by atoms with Gasteiger partial charge in [0.05, 0.1) is 11.6 Å². The van der Waals surface area contributed by atoms with E-state index in [9.17, 15) is 5.11 Å². The number of benzene rings is 1. The van der Waals surface area contributed by atoms with E-state index >= 15 is 0 Å². The molecule has 0 atom stereocenters. The fraction of sp³-hybridized carbons (Fsp3) is 0.200. The molecule has 0 amide bonds. The molecule has 0 saturated carbocycles. The number of nitrogens with one attached hydrogen (secondary N) is 2. The summed E-state index contributed by atoms with van der Waals surface area (Å²) in [6.45, 7) is 0.955. The smallest absolute Gasteiger partial charge is 0.138 e. The van der Waals surface area contributed by atoms with Crippen molar-refractivity contribution in [2.75, 3.05) is 0 Å². The molecule has 0 aliphatic carbocycles. The molecule has 2 rings (SSSR count). The molecule has 2 aromatic rings. The first-order valence-corrected chi connectivity index (χ1v) is 5.64. The Bertz CT molecular complexity index is 501. The predicted octanol–water partition coefficient (Wildman–Crippen LogP) is 2.11. The number of phenolic OH excluding ortho intramolecular Hbond substituents is 1. The first-order chi connectivity index (χ1) is 8.16. The number of hydrogen-bond donors (Lipinski definition) is 3. The number of halogens is 2. The number of aromatic hydroxyl groups is 1. The van der Waals surface area contributed by atoms with Crippen LogP contribution in [-0.2, 0) is 13.1 Å². The summed E-state index contributed by atoms with van der Waals surface area (Å²) in [6, 6.07) is 3.16.